The van der Waals surface area contributed by atoms with Gasteiger partial charge in [0.1, 0.15) is 51.9 Å². The van der Waals surface area contributed by atoms with Gasteiger partial charge in [-0.05, 0) is 194 Å². The second-order valence-electron chi connectivity index (χ2n) is 36.1. The molecule has 2 aliphatic heterocycles. The van der Waals surface area contributed by atoms with Gasteiger partial charge >= 0.3 is 0 Å². The molecule has 46 nitrogen and oxygen atoms in total. The average Bonchev–Trinajstić information content (AvgIpc) is 1.69. The van der Waals surface area contributed by atoms with Crippen molar-refractivity contribution in [2.75, 3.05) is 21.1 Å². The summed E-state index contributed by atoms with van der Waals surface area (Å²) in [4.78, 5) is 30.4. The van der Waals surface area contributed by atoms with Crippen LogP contribution in [-0.4, -0.2) is 229 Å². The summed E-state index contributed by atoms with van der Waals surface area (Å²) in [5.41, 5.74) is 9.76. The summed E-state index contributed by atoms with van der Waals surface area (Å²) in [5.74, 6) is 17.0. The summed E-state index contributed by atoms with van der Waals surface area (Å²) in [6.07, 6.45) is 0. The molecule has 12 aromatic heterocycles. The number of rotatable bonds is 14. The molecule has 752 valence electrons. The van der Waals surface area contributed by atoms with Crippen LogP contribution in [0.5, 0.6) is 0 Å². The number of aryl methyl sites for hydroxylation is 15. The van der Waals surface area contributed by atoms with Gasteiger partial charge in [-0.3, -0.25) is 24.1 Å². The van der Waals surface area contributed by atoms with Crippen LogP contribution in [0.15, 0.2) is 41.1 Å². The highest BCUT2D eigenvalue weighted by Crippen LogP contribution is 2.28. The van der Waals surface area contributed by atoms with Crippen molar-refractivity contribution in [2.24, 2.45) is 41.2 Å². The molecule has 0 N–H and O–H groups in total. The van der Waals surface area contributed by atoms with Gasteiger partial charge in [-0.1, -0.05) is 180 Å². The third-order valence-electron chi connectivity index (χ3n) is 19.0. The highest BCUT2D eigenvalue weighted by atomic mass is 16.7. The molecule has 0 radical (unpaired) electrons. The van der Waals surface area contributed by atoms with Crippen LogP contribution in [0.1, 0.15) is 402 Å². The van der Waals surface area contributed by atoms with E-state index in [2.05, 4.69) is 280 Å². The summed E-state index contributed by atoms with van der Waals surface area (Å²) < 4.78 is 29.7. The third kappa shape index (κ3) is 41.6. The maximum absolute atomic E-state index is 5.49. The zero-order valence-electron chi connectivity index (χ0n) is 90.4. The molecule has 46 heteroatoms. The van der Waals surface area contributed by atoms with Gasteiger partial charge in [0.15, 0.2) is 40.7 Å². The van der Waals surface area contributed by atoms with Crippen molar-refractivity contribution >= 4 is 0 Å². The quantitative estimate of drug-likeness (QED) is 0.0975. The molecule has 14 heterocycles. The van der Waals surface area contributed by atoms with E-state index in [9.17, 15) is 0 Å². The third-order valence-corrected chi connectivity index (χ3v) is 19.0. The van der Waals surface area contributed by atoms with Gasteiger partial charge in [-0.2, -0.15) is 29.8 Å². The number of hydrazine groups is 2. The maximum Gasteiger partial charge on any atom is 0.229 e. The van der Waals surface area contributed by atoms with E-state index < -0.39 is 0 Å². The number of tetrazole rings is 4. The fourth-order valence-corrected chi connectivity index (χ4v) is 11.6. The Bertz CT molecular complexity index is 4850. The topological polar surface area (TPSA) is 484 Å². The van der Waals surface area contributed by atoms with Gasteiger partial charge in [-0.15, -0.1) is 45.9 Å². The molecule has 0 saturated heterocycles. The summed E-state index contributed by atoms with van der Waals surface area (Å²) in [7, 11) is 15.3. The Morgan fingerprint density at radius 1 is 0.313 bits per heavy atom. The van der Waals surface area contributed by atoms with Crippen LogP contribution in [0.4, 0.5) is 0 Å². The molecule has 0 aliphatic carbocycles. The van der Waals surface area contributed by atoms with Crippen LogP contribution in [0, 0.1) is 82.1 Å². The van der Waals surface area contributed by atoms with E-state index in [0.717, 1.165) is 104 Å². The van der Waals surface area contributed by atoms with Gasteiger partial charge < -0.3 is 23.2 Å². The van der Waals surface area contributed by atoms with Gasteiger partial charge in [0, 0.05) is 109 Å². The fraction of sp³-hybridized carbons (Fsp3) is 0.727. The van der Waals surface area contributed by atoms with E-state index >= 15 is 0 Å². The molecule has 0 saturated carbocycles. The molecule has 12 aromatic rings. The minimum Gasteiger partial charge on any atom is -0.389 e. The SMILES string of the molecule is CC(C)c1nnn(C)n1.CC(C)c1nnnn1C.CC1=C(C(C)C)N(C)N(C)O1.CC1=C(C)N(C)N(C(C)C)O1.Cc1c(C(C)C)nnn1C.Cc1nc(C(C)C)nn1C.Cc1nc(C(C)C)no1.Cc1nc(C)n(C(C)C)n1.Cc1nnn(C(C)C)n1.Cc1nnn(C)c1C(C)C.Cc1nnnn1C(C)C.Cc1noc(C(C)C)n1.Cc1nonc1C(C)C.Cc1onnc1C(C)C. The predicted octanol–water partition coefficient (Wildman–Crippen LogP) is 16.4. The molecule has 0 bridgehead atoms. The van der Waals surface area contributed by atoms with Crippen LogP contribution in [-0.2, 0) is 44.9 Å². The molecule has 0 unspecified atom stereocenters. The van der Waals surface area contributed by atoms with Crippen molar-refractivity contribution in [1.82, 2.24) is 202 Å². The predicted molar refractivity (Wildman–Crippen MR) is 512 cm³/mol. The first-order chi connectivity index (χ1) is 62.2. The van der Waals surface area contributed by atoms with Crippen LogP contribution in [0.3, 0.4) is 0 Å². The van der Waals surface area contributed by atoms with Gasteiger partial charge in [0.25, 0.3) is 0 Å². The lowest BCUT2D eigenvalue weighted by Gasteiger charge is -2.27. The smallest absolute Gasteiger partial charge is 0.229 e. The summed E-state index contributed by atoms with van der Waals surface area (Å²) in [5, 5.41) is 98.9. The van der Waals surface area contributed by atoms with Crippen molar-refractivity contribution < 1.29 is 27.9 Å². The van der Waals surface area contributed by atoms with Crippen molar-refractivity contribution in [3.63, 3.8) is 0 Å². The molecular formula is C88H164N40O6. The van der Waals surface area contributed by atoms with Crippen LogP contribution in [0.25, 0.3) is 0 Å². The Labute approximate surface area is 795 Å². The summed E-state index contributed by atoms with van der Waals surface area (Å²) in [6.45, 7) is 85.1. The molecule has 14 rings (SSSR count). The number of hydrogen-bond donors (Lipinski definition) is 0. The molecule has 0 spiro atoms. The zero-order valence-corrected chi connectivity index (χ0v) is 90.4. The van der Waals surface area contributed by atoms with E-state index in [4.69, 9.17) is 23.2 Å². The van der Waals surface area contributed by atoms with Crippen LogP contribution >= 0.6 is 0 Å². The first-order valence-corrected chi connectivity index (χ1v) is 45.6. The zero-order chi connectivity index (χ0) is 103. The molecule has 0 aromatic carbocycles. The Morgan fingerprint density at radius 2 is 0.888 bits per heavy atom. The Balaban J connectivity index is 0.000000722. The van der Waals surface area contributed by atoms with E-state index in [1.807, 2.05) is 226 Å². The normalized spacial score (nSPS) is 12.3. The number of hydroxylamine groups is 2. The van der Waals surface area contributed by atoms with E-state index in [0.29, 0.717) is 101 Å². The Hall–Kier alpha value is -12.0. The minimum atomic E-state index is 0.311. The molecule has 0 fully saturated rings. The second-order valence-corrected chi connectivity index (χ2v) is 36.1. The first-order valence-electron chi connectivity index (χ1n) is 45.6. The van der Waals surface area contributed by atoms with E-state index in [-0.39, 0.29) is 0 Å². The average molecular weight is 1880 g/mol. The highest BCUT2D eigenvalue weighted by molar-refractivity contribution is 5.13. The lowest BCUT2D eigenvalue weighted by molar-refractivity contribution is -0.226. The lowest BCUT2D eigenvalue weighted by Crippen LogP contribution is -2.38. The molecule has 0 atom stereocenters. The molecular weight excluding hydrogens is 1710 g/mol. The highest BCUT2D eigenvalue weighted by Gasteiger charge is 2.27. The standard InChI is InChI=1S/2C8H16N2O.4C7H13N3.4C6H10N2O.4C5H10N4/c1-6(2)8-7(3)11-10(5)9(8)4;1-6(2)10-9(5)7(3)8(4)11-10;1-5(2)7-8-6(3)10(4)9-7;1-5(2)7-6(3)10(4)9-8-7;1-5(2)7-6(3)8-9-10(7)4;1-5(2)10-7(4)8-6(3)9-10;1-4(2)6-7-5(3)9-8-6;1-4(2)6-7-5(3)8-9-6;1-4(2)6-5(3)9-8-7-6;1-4(2)6-5(3)7-9-8-6;1-4(2)5-6-7-8-9(5)3;1-4(2)5-6-8-9(3)7-5;1-4(2)9-5(3)6-7-8-9;1-4(2)9-7-5(3)6-8-9/h2*6H,1-5H3;4*5H,1-4H3;8*4H,1-3H3. The van der Waals surface area contributed by atoms with Crippen LogP contribution < -0.4 is 0 Å². The first kappa shape index (κ1) is 120. The van der Waals surface area contributed by atoms with Crippen molar-refractivity contribution in [1.29, 1.82) is 0 Å². The minimum absolute atomic E-state index is 0.311. The summed E-state index contributed by atoms with van der Waals surface area (Å²) in [6, 6.07) is 1.47. The van der Waals surface area contributed by atoms with Crippen molar-refractivity contribution in [2.45, 2.75) is 368 Å². The van der Waals surface area contributed by atoms with E-state index in [1.165, 1.54) is 21.9 Å². The number of nitrogens with zero attached hydrogens (tertiary/aromatic N) is 40. The lowest BCUT2D eigenvalue weighted by atomic mass is 10.1. The van der Waals surface area contributed by atoms with Gasteiger partial charge in [-0.25, -0.2) is 28.6 Å². The Morgan fingerprint density at radius 3 is 1.10 bits per heavy atom. The number of allylic oxidation sites excluding steroid dienone is 4. The fourth-order valence-electron chi connectivity index (χ4n) is 11.6. The van der Waals surface area contributed by atoms with Gasteiger partial charge in [0.05, 0.1) is 59.3 Å². The monoisotopic (exact) mass is 1880 g/mol. The largest absolute Gasteiger partial charge is 0.389 e. The maximum atomic E-state index is 5.49. The van der Waals surface area contributed by atoms with Crippen molar-refractivity contribution in [3.05, 3.63) is 139 Å². The second kappa shape index (κ2) is 58.9. The summed E-state index contributed by atoms with van der Waals surface area (Å²) >= 11 is 0. The van der Waals surface area contributed by atoms with Crippen molar-refractivity contribution in [3.8, 4) is 0 Å². The number of hydrogen-bond acceptors (Lipinski definition) is 38. The van der Waals surface area contributed by atoms with Crippen LogP contribution in [0.2, 0.25) is 0 Å². The number of aromatic nitrogens is 36. The van der Waals surface area contributed by atoms with Gasteiger partial charge in [0.2, 0.25) is 11.8 Å². The molecule has 0 amide bonds. The molecule has 134 heavy (non-hydrogen) atoms. The Kier molecular flexibility index (Phi) is 52.7. The van der Waals surface area contributed by atoms with E-state index in [1.54, 1.807) is 42.7 Å². The molecule has 2 aliphatic rings.